The third kappa shape index (κ3) is 4.73. The number of halogens is 1. The molecule has 0 saturated carbocycles. The van der Waals surface area contributed by atoms with Gasteiger partial charge in [-0.3, -0.25) is 9.59 Å². The average molecular weight is 325 g/mol. The second kappa shape index (κ2) is 8.18. The topological polar surface area (TPSA) is 49.4 Å². The summed E-state index contributed by atoms with van der Waals surface area (Å²) in [5.41, 5.74) is 0.000976. The maximum absolute atomic E-state index is 12.4. The minimum atomic E-state index is -1.06. The summed E-state index contributed by atoms with van der Waals surface area (Å²) in [5, 5.41) is 3.53. The molecule has 5 heteroatoms. The predicted octanol–water partition coefficient (Wildman–Crippen LogP) is 2.89. The highest BCUT2D eigenvalue weighted by atomic mass is 35.5. The van der Waals surface area contributed by atoms with E-state index in [0.717, 1.165) is 5.56 Å². The number of rotatable bonds is 7. The number of nitrogens with zero attached hydrogens (tertiary/aromatic N) is 1. The lowest BCUT2D eigenvalue weighted by molar-refractivity contribution is -0.148. The Kier molecular flexibility index (Phi) is 6.88. The highest BCUT2D eigenvalue weighted by Crippen LogP contribution is 2.19. The van der Waals surface area contributed by atoms with Crippen LogP contribution in [0, 0.1) is 5.41 Å². The van der Waals surface area contributed by atoms with E-state index in [0.29, 0.717) is 31.1 Å². The third-order valence-corrected chi connectivity index (χ3v) is 3.98. The van der Waals surface area contributed by atoms with E-state index < -0.39 is 5.41 Å². The number of carbonyl (C=O) groups excluding carboxylic acids is 2. The highest BCUT2D eigenvalue weighted by Gasteiger charge is 2.38. The monoisotopic (exact) mass is 324 g/mol. The second-order valence-corrected chi connectivity index (χ2v) is 6.17. The van der Waals surface area contributed by atoms with Crippen LogP contribution in [0.15, 0.2) is 24.3 Å². The maximum atomic E-state index is 12.4. The van der Waals surface area contributed by atoms with Crippen molar-refractivity contribution < 1.29 is 9.59 Å². The summed E-state index contributed by atoms with van der Waals surface area (Å²) in [4.78, 5) is 26.4. The van der Waals surface area contributed by atoms with Crippen LogP contribution in [0.1, 0.15) is 33.3 Å². The molecule has 0 bridgehead atoms. The van der Waals surface area contributed by atoms with Gasteiger partial charge in [-0.05, 0) is 51.8 Å². The van der Waals surface area contributed by atoms with Crippen molar-refractivity contribution in [3.8, 4) is 0 Å². The highest BCUT2D eigenvalue weighted by molar-refractivity contribution is 6.30. The van der Waals surface area contributed by atoms with Crippen LogP contribution in [0.3, 0.4) is 0 Å². The summed E-state index contributed by atoms with van der Waals surface area (Å²) >= 11 is 5.93. The summed E-state index contributed by atoms with van der Waals surface area (Å²) in [5.74, 6) is -0.385. The van der Waals surface area contributed by atoms with E-state index in [2.05, 4.69) is 5.32 Å². The molecule has 0 unspecified atom stereocenters. The van der Waals surface area contributed by atoms with Gasteiger partial charge in [-0.1, -0.05) is 23.7 Å². The van der Waals surface area contributed by atoms with Crippen molar-refractivity contribution >= 4 is 23.4 Å². The Morgan fingerprint density at radius 2 is 1.86 bits per heavy atom. The zero-order chi connectivity index (χ0) is 16.8. The summed E-state index contributed by atoms with van der Waals surface area (Å²) in [7, 11) is 0. The second-order valence-electron chi connectivity index (χ2n) is 5.74. The van der Waals surface area contributed by atoms with Gasteiger partial charge in [0, 0.05) is 24.7 Å². The molecular formula is C17H25ClN2O2. The molecule has 2 amide bonds. The first-order chi connectivity index (χ1) is 10.3. The molecule has 1 N–H and O–H groups in total. The first-order valence-electron chi connectivity index (χ1n) is 7.65. The third-order valence-electron chi connectivity index (χ3n) is 3.74. The van der Waals surface area contributed by atoms with Crippen LogP contribution in [0.2, 0.25) is 5.02 Å². The molecule has 0 spiro atoms. The molecule has 0 aliphatic heterocycles. The van der Waals surface area contributed by atoms with Gasteiger partial charge in [0.25, 0.3) is 0 Å². The van der Waals surface area contributed by atoms with Gasteiger partial charge < -0.3 is 10.2 Å². The van der Waals surface area contributed by atoms with Gasteiger partial charge in [0.1, 0.15) is 5.41 Å². The first-order valence-corrected chi connectivity index (χ1v) is 8.02. The molecule has 0 heterocycles. The maximum Gasteiger partial charge on any atom is 0.237 e. The fourth-order valence-corrected chi connectivity index (χ4v) is 2.45. The average Bonchev–Trinajstić information content (AvgIpc) is 2.48. The molecule has 4 nitrogen and oxygen atoms in total. The number of benzene rings is 1. The molecule has 0 radical (unpaired) electrons. The molecule has 0 aromatic heterocycles. The molecule has 22 heavy (non-hydrogen) atoms. The van der Waals surface area contributed by atoms with Crippen LogP contribution in [0.4, 0.5) is 0 Å². The Hall–Kier alpha value is -1.55. The number of amides is 2. The molecule has 1 aromatic rings. The van der Waals surface area contributed by atoms with Gasteiger partial charge >= 0.3 is 0 Å². The molecule has 122 valence electrons. The molecule has 1 rings (SSSR count). The Morgan fingerprint density at radius 1 is 1.23 bits per heavy atom. The Bertz CT molecular complexity index is 525. The van der Waals surface area contributed by atoms with E-state index in [4.69, 9.17) is 11.6 Å². The molecule has 0 saturated heterocycles. The van der Waals surface area contributed by atoms with E-state index in [1.54, 1.807) is 18.7 Å². The summed E-state index contributed by atoms with van der Waals surface area (Å²) in [6.45, 7) is 8.85. The number of nitrogens with one attached hydrogen (secondary N) is 1. The predicted molar refractivity (Wildman–Crippen MR) is 89.9 cm³/mol. The zero-order valence-corrected chi connectivity index (χ0v) is 14.5. The minimum Gasteiger partial charge on any atom is -0.355 e. The normalized spacial score (nSPS) is 11.1. The zero-order valence-electron chi connectivity index (χ0n) is 13.8. The van der Waals surface area contributed by atoms with Crippen LogP contribution in [-0.4, -0.2) is 36.3 Å². The van der Waals surface area contributed by atoms with Crippen molar-refractivity contribution in [3.05, 3.63) is 34.9 Å². The standard InChI is InChI=1S/C17H25ClN2O2/c1-5-20(6-2)16(22)17(3,4)15(21)19-11-10-13-8-7-9-14(18)12-13/h7-9,12H,5-6,10-11H2,1-4H3,(H,19,21). The van der Waals surface area contributed by atoms with E-state index in [9.17, 15) is 9.59 Å². The minimum absolute atomic E-state index is 0.141. The molecule has 0 fully saturated rings. The molecule has 0 aliphatic rings. The summed E-state index contributed by atoms with van der Waals surface area (Å²) in [6, 6.07) is 7.53. The van der Waals surface area contributed by atoms with E-state index in [-0.39, 0.29) is 11.8 Å². The van der Waals surface area contributed by atoms with Gasteiger partial charge in [-0.25, -0.2) is 0 Å². The van der Waals surface area contributed by atoms with Crippen LogP contribution in [-0.2, 0) is 16.0 Å². The van der Waals surface area contributed by atoms with Crippen molar-refractivity contribution in [1.29, 1.82) is 0 Å². The van der Waals surface area contributed by atoms with E-state index >= 15 is 0 Å². The quantitative estimate of drug-likeness (QED) is 0.784. The molecule has 0 atom stereocenters. The van der Waals surface area contributed by atoms with Crippen LogP contribution >= 0.6 is 11.6 Å². The van der Waals surface area contributed by atoms with Gasteiger partial charge in [0.2, 0.25) is 11.8 Å². The van der Waals surface area contributed by atoms with Crippen LogP contribution < -0.4 is 5.32 Å². The Labute approximate surface area is 137 Å². The largest absolute Gasteiger partial charge is 0.355 e. The van der Waals surface area contributed by atoms with Crippen LogP contribution in [0.25, 0.3) is 0 Å². The number of carbonyl (C=O) groups is 2. The summed E-state index contributed by atoms with van der Waals surface area (Å²) in [6.07, 6.45) is 0.682. The van der Waals surface area contributed by atoms with Crippen molar-refractivity contribution in [2.24, 2.45) is 5.41 Å². The Morgan fingerprint density at radius 3 is 2.41 bits per heavy atom. The summed E-state index contributed by atoms with van der Waals surface area (Å²) < 4.78 is 0. The number of hydrogen-bond acceptors (Lipinski definition) is 2. The van der Waals surface area contributed by atoms with Crippen molar-refractivity contribution in [2.75, 3.05) is 19.6 Å². The molecular weight excluding hydrogens is 300 g/mol. The van der Waals surface area contributed by atoms with E-state index in [1.807, 2.05) is 38.1 Å². The van der Waals surface area contributed by atoms with Gasteiger partial charge in [0.05, 0.1) is 0 Å². The van der Waals surface area contributed by atoms with Gasteiger partial charge in [-0.15, -0.1) is 0 Å². The fourth-order valence-electron chi connectivity index (χ4n) is 2.24. The van der Waals surface area contributed by atoms with Crippen LogP contribution in [0.5, 0.6) is 0 Å². The lowest BCUT2D eigenvalue weighted by Crippen LogP contribution is -2.49. The van der Waals surface area contributed by atoms with Crippen molar-refractivity contribution in [2.45, 2.75) is 34.1 Å². The van der Waals surface area contributed by atoms with Gasteiger partial charge in [-0.2, -0.15) is 0 Å². The number of hydrogen-bond donors (Lipinski definition) is 1. The fraction of sp³-hybridized carbons (Fsp3) is 0.529. The van der Waals surface area contributed by atoms with Gasteiger partial charge in [0.15, 0.2) is 0 Å². The molecule has 1 aromatic carbocycles. The molecule has 0 aliphatic carbocycles. The first kappa shape index (κ1) is 18.5. The Balaban J connectivity index is 2.58. The lowest BCUT2D eigenvalue weighted by Gasteiger charge is -2.29. The lowest BCUT2D eigenvalue weighted by atomic mass is 9.90. The van der Waals surface area contributed by atoms with Crippen molar-refractivity contribution in [3.63, 3.8) is 0 Å². The van der Waals surface area contributed by atoms with E-state index in [1.165, 1.54) is 0 Å². The van der Waals surface area contributed by atoms with Crippen molar-refractivity contribution in [1.82, 2.24) is 10.2 Å². The SMILES string of the molecule is CCN(CC)C(=O)C(C)(C)C(=O)NCCc1cccc(Cl)c1. The smallest absolute Gasteiger partial charge is 0.237 e.